The Balaban J connectivity index is 1.77. The van der Waals surface area contributed by atoms with Crippen LogP contribution in [0.5, 0.6) is 0 Å². The number of fused-ring (bicyclic) bond motifs is 3. The first-order valence-corrected chi connectivity index (χ1v) is 13.3. The molecule has 0 amide bonds. The minimum absolute atomic E-state index is 0.0998. The SMILES string of the molecule is CC(C)CCC[C@H](C)[C@@H]1CC[C@@H]2[C@@H]3C[C@H](Br)C(=O)[C@](C)(CCC(=O)O)[C@H]3CC[C@]21C. The van der Waals surface area contributed by atoms with Crippen LogP contribution in [0.25, 0.3) is 0 Å². The number of aliphatic carboxylic acids is 1. The molecule has 4 heteroatoms. The van der Waals surface area contributed by atoms with Gasteiger partial charge in [-0.25, -0.2) is 0 Å². The molecular formula is C26H43BrO3. The van der Waals surface area contributed by atoms with Crippen LogP contribution in [-0.4, -0.2) is 21.7 Å². The van der Waals surface area contributed by atoms with E-state index in [0.717, 1.165) is 30.6 Å². The second kappa shape index (κ2) is 9.24. The van der Waals surface area contributed by atoms with Crippen LogP contribution < -0.4 is 0 Å². The standard InChI is InChI=1S/C26H43BrO3/c1-16(2)7-6-8-17(3)19-9-10-20-18-15-22(27)24(30)26(5,14-12-23(28)29)21(18)11-13-25(19,20)4/h16-22H,6-15H2,1-5H3,(H,28,29)/t17-,18-,19-,20+,21-,22-,25-,26+/m0/s1. The fraction of sp³-hybridized carbons (Fsp3) is 0.923. The van der Waals surface area contributed by atoms with Gasteiger partial charge in [0.2, 0.25) is 0 Å². The zero-order chi connectivity index (χ0) is 22.3. The zero-order valence-electron chi connectivity index (χ0n) is 19.8. The summed E-state index contributed by atoms with van der Waals surface area (Å²) in [5.41, 5.74) is -0.100. The molecule has 0 aromatic carbocycles. The van der Waals surface area contributed by atoms with Gasteiger partial charge in [-0.05, 0) is 79.4 Å². The molecule has 0 heterocycles. The van der Waals surface area contributed by atoms with Crippen LogP contribution in [-0.2, 0) is 9.59 Å². The van der Waals surface area contributed by atoms with Gasteiger partial charge in [0.15, 0.2) is 5.78 Å². The Labute approximate surface area is 192 Å². The van der Waals surface area contributed by atoms with Crippen LogP contribution in [0.2, 0.25) is 0 Å². The number of ketones is 1. The van der Waals surface area contributed by atoms with Crippen LogP contribution in [0, 0.1) is 46.3 Å². The molecule has 0 spiro atoms. The second-order valence-corrected chi connectivity index (χ2v) is 12.9. The van der Waals surface area contributed by atoms with Crippen molar-refractivity contribution >= 4 is 27.7 Å². The van der Waals surface area contributed by atoms with Gasteiger partial charge in [0, 0.05) is 11.8 Å². The van der Waals surface area contributed by atoms with E-state index in [2.05, 4.69) is 50.5 Å². The highest BCUT2D eigenvalue weighted by atomic mass is 79.9. The molecule has 3 rings (SSSR count). The van der Waals surface area contributed by atoms with E-state index >= 15 is 0 Å². The van der Waals surface area contributed by atoms with Gasteiger partial charge in [0.05, 0.1) is 4.83 Å². The second-order valence-electron chi connectivity index (χ2n) is 11.8. The molecule has 172 valence electrons. The summed E-state index contributed by atoms with van der Waals surface area (Å²) in [7, 11) is 0. The van der Waals surface area contributed by atoms with E-state index in [0.29, 0.717) is 29.6 Å². The predicted octanol–water partition coefficient (Wildman–Crippen LogP) is 7.11. The van der Waals surface area contributed by atoms with Crippen molar-refractivity contribution in [1.82, 2.24) is 0 Å². The highest BCUT2D eigenvalue weighted by Gasteiger charge is 2.61. The summed E-state index contributed by atoms with van der Waals surface area (Å²) in [4.78, 5) is 24.4. The Bertz CT molecular complexity index is 646. The lowest BCUT2D eigenvalue weighted by Crippen LogP contribution is -2.55. The molecule has 30 heavy (non-hydrogen) atoms. The van der Waals surface area contributed by atoms with E-state index in [-0.39, 0.29) is 17.0 Å². The van der Waals surface area contributed by atoms with Crippen LogP contribution in [0.15, 0.2) is 0 Å². The summed E-state index contributed by atoms with van der Waals surface area (Å²) in [5.74, 6) is 3.43. The lowest BCUT2D eigenvalue weighted by Gasteiger charge is -2.57. The first-order valence-electron chi connectivity index (χ1n) is 12.4. The molecule has 0 unspecified atom stereocenters. The van der Waals surface area contributed by atoms with Crippen molar-refractivity contribution in [2.24, 2.45) is 46.3 Å². The summed E-state index contributed by atoms with van der Waals surface area (Å²) >= 11 is 3.71. The van der Waals surface area contributed by atoms with Gasteiger partial charge in [-0.15, -0.1) is 0 Å². The van der Waals surface area contributed by atoms with Crippen molar-refractivity contribution in [3.05, 3.63) is 0 Å². The fourth-order valence-electron chi connectivity index (χ4n) is 7.99. The van der Waals surface area contributed by atoms with Crippen LogP contribution >= 0.6 is 15.9 Å². The molecule has 0 aliphatic heterocycles. The minimum atomic E-state index is -0.783. The van der Waals surface area contributed by atoms with E-state index < -0.39 is 11.4 Å². The Morgan fingerprint density at radius 1 is 1.13 bits per heavy atom. The third kappa shape index (κ3) is 4.41. The molecule has 3 fully saturated rings. The van der Waals surface area contributed by atoms with Gasteiger partial charge < -0.3 is 5.11 Å². The van der Waals surface area contributed by atoms with Crippen molar-refractivity contribution in [3.8, 4) is 0 Å². The predicted molar refractivity (Wildman–Crippen MR) is 126 cm³/mol. The highest BCUT2D eigenvalue weighted by molar-refractivity contribution is 9.10. The molecule has 3 aliphatic carbocycles. The minimum Gasteiger partial charge on any atom is -0.481 e. The van der Waals surface area contributed by atoms with Gasteiger partial charge in [-0.2, -0.15) is 0 Å². The molecule has 8 atom stereocenters. The number of carboxylic acids is 1. The van der Waals surface area contributed by atoms with Gasteiger partial charge in [0.1, 0.15) is 0 Å². The molecule has 1 N–H and O–H groups in total. The first kappa shape index (κ1) is 24.3. The third-order valence-electron chi connectivity index (χ3n) is 9.64. The zero-order valence-corrected chi connectivity index (χ0v) is 21.3. The van der Waals surface area contributed by atoms with Gasteiger partial charge in [-0.3, -0.25) is 9.59 Å². The number of carboxylic acid groups (broad SMARTS) is 1. The fourth-order valence-corrected chi connectivity index (χ4v) is 8.95. The number of carbonyl (C=O) groups is 2. The number of hydrogen-bond acceptors (Lipinski definition) is 2. The van der Waals surface area contributed by atoms with Crippen molar-refractivity contribution in [3.63, 3.8) is 0 Å². The smallest absolute Gasteiger partial charge is 0.303 e. The number of carbonyl (C=O) groups excluding carboxylic acids is 1. The van der Waals surface area contributed by atoms with E-state index in [1.165, 1.54) is 38.5 Å². The average molecular weight is 484 g/mol. The molecule has 0 saturated heterocycles. The first-order chi connectivity index (χ1) is 14.0. The van der Waals surface area contributed by atoms with E-state index in [1.807, 2.05) is 0 Å². The van der Waals surface area contributed by atoms with Crippen LogP contribution in [0.4, 0.5) is 0 Å². The molecule has 0 radical (unpaired) electrons. The number of Topliss-reactive ketones (excluding diaryl/α,β-unsaturated/α-hetero) is 1. The Morgan fingerprint density at radius 2 is 1.83 bits per heavy atom. The average Bonchev–Trinajstić information content (AvgIpc) is 3.02. The lowest BCUT2D eigenvalue weighted by atomic mass is 9.48. The number of hydrogen-bond donors (Lipinski definition) is 1. The summed E-state index contributed by atoms with van der Waals surface area (Å²) in [6.07, 6.45) is 10.5. The van der Waals surface area contributed by atoms with E-state index in [9.17, 15) is 14.7 Å². The Kier molecular flexibility index (Phi) is 7.47. The molecule has 0 aromatic rings. The number of halogens is 1. The van der Waals surface area contributed by atoms with Gasteiger partial charge in [0.25, 0.3) is 0 Å². The lowest BCUT2D eigenvalue weighted by molar-refractivity contribution is -0.147. The molecule has 0 aromatic heterocycles. The summed E-state index contributed by atoms with van der Waals surface area (Å²) in [6, 6.07) is 0. The Hall–Kier alpha value is -0.380. The van der Waals surface area contributed by atoms with E-state index in [4.69, 9.17) is 0 Å². The van der Waals surface area contributed by atoms with Crippen molar-refractivity contribution in [1.29, 1.82) is 0 Å². The Morgan fingerprint density at radius 3 is 2.47 bits per heavy atom. The maximum atomic E-state index is 13.2. The summed E-state index contributed by atoms with van der Waals surface area (Å²) in [5, 5.41) is 9.28. The molecule has 3 nitrogen and oxygen atoms in total. The van der Waals surface area contributed by atoms with Gasteiger partial charge in [-0.1, -0.05) is 69.8 Å². The van der Waals surface area contributed by atoms with Crippen LogP contribution in [0.1, 0.15) is 98.8 Å². The number of alkyl halides is 1. The number of rotatable bonds is 8. The molecule has 0 bridgehead atoms. The monoisotopic (exact) mass is 482 g/mol. The molecule has 3 saturated carbocycles. The van der Waals surface area contributed by atoms with Crippen molar-refractivity contribution in [2.75, 3.05) is 0 Å². The largest absolute Gasteiger partial charge is 0.481 e. The third-order valence-corrected chi connectivity index (χ3v) is 10.4. The molecule has 3 aliphatic rings. The topological polar surface area (TPSA) is 54.4 Å². The van der Waals surface area contributed by atoms with Crippen molar-refractivity contribution < 1.29 is 14.7 Å². The quantitative estimate of drug-likeness (QED) is 0.374. The van der Waals surface area contributed by atoms with E-state index in [1.54, 1.807) is 0 Å². The van der Waals surface area contributed by atoms with Gasteiger partial charge >= 0.3 is 5.97 Å². The van der Waals surface area contributed by atoms with Crippen LogP contribution in [0.3, 0.4) is 0 Å². The van der Waals surface area contributed by atoms with Crippen molar-refractivity contribution in [2.45, 2.75) is 104 Å². The summed E-state index contributed by atoms with van der Waals surface area (Å²) in [6.45, 7) is 11.8. The maximum Gasteiger partial charge on any atom is 0.303 e. The molecular weight excluding hydrogens is 440 g/mol. The highest BCUT2D eigenvalue weighted by Crippen LogP contribution is 2.66. The normalized spacial score (nSPS) is 42.1. The maximum absolute atomic E-state index is 13.2. The summed E-state index contributed by atoms with van der Waals surface area (Å²) < 4.78 is 0.